The number of thiophene rings is 1. The molecular weight excluding hydrogens is 461 g/mol. The minimum absolute atomic E-state index is 0.120. The second-order valence-electron chi connectivity index (χ2n) is 5.32. The fourth-order valence-corrected chi connectivity index (χ4v) is 4.36. The minimum Gasteiger partial charge on any atom is -0.421 e. The van der Waals surface area contributed by atoms with E-state index in [1.54, 1.807) is 0 Å². The summed E-state index contributed by atoms with van der Waals surface area (Å²) in [6.45, 7) is 0. The van der Waals surface area contributed by atoms with E-state index in [4.69, 9.17) is 15.0 Å². The molecule has 17 heteroatoms. The molecule has 0 aliphatic carbocycles. The Labute approximate surface area is 164 Å². The van der Waals surface area contributed by atoms with Crippen molar-refractivity contribution in [2.75, 3.05) is 0 Å². The third-order valence-electron chi connectivity index (χ3n) is 3.26. The van der Waals surface area contributed by atoms with Crippen LogP contribution in [0.4, 0.5) is 13.2 Å². The van der Waals surface area contributed by atoms with Gasteiger partial charge in [-0.25, -0.2) is 27.1 Å². The Morgan fingerprint density at radius 1 is 1.03 bits per heavy atom. The van der Waals surface area contributed by atoms with Gasteiger partial charge in [0.1, 0.15) is 4.88 Å². The lowest BCUT2D eigenvalue weighted by molar-refractivity contribution is -0.134. The highest BCUT2D eigenvalue weighted by Gasteiger charge is 2.37. The van der Waals surface area contributed by atoms with Crippen LogP contribution in [0.1, 0.15) is 4.88 Å². The molecule has 156 valence electrons. The van der Waals surface area contributed by atoms with E-state index in [-0.39, 0.29) is 21.9 Å². The first kappa shape index (κ1) is 21.1. The van der Waals surface area contributed by atoms with Crippen LogP contribution < -0.4 is 15.0 Å². The van der Waals surface area contributed by atoms with Gasteiger partial charge in [0.25, 0.3) is 10.0 Å². The summed E-state index contributed by atoms with van der Waals surface area (Å²) in [6, 6.07) is 4.73. The lowest BCUT2D eigenvalue weighted by Gasteiger charge is -2.06. The number of alkyl halides is 3. The first-order valence-corrected chi connectivity index (χ1v) is 11.0. The number of nitrogens with two attached hydrogens (primary N) is 2. The van der Waals surface area contributed by atoms with Gasteiger partial charge < -0.3 is 4.74 Å². The normalized spacial score (nSPS) is 12.9. The number of benzene rings is 1. The maximum absolute atomic E-state index is 12.9. The number of hydrogen-bond donors (Lipinski definition) is 2. The molecule has 2 heterocycles. The van der Waals surface area contributed by atoms with Crippen LogP contribution in [0.15, 0.2) is 39.4 Å². The number of sulfonamides is 2. The highest BCUT2D eigenvalue weighted by atomic mass is 32.2. The summed E-state index contributed by atoms with van der Waals surface area (Å²) in [6.07, 6.45) is -4.83. The molecule has 0 atom stereocenters. The molecule has 0 aliphatic heterocycles. The molecule has 2 aromatic heterocycles. The third kappa shape index (κ3) is 4.53. The molecule has 3 rings (SSSR count). The molecule has 0 bridgehead atoms. The number of hydrogen-bond acceptors (Lipinski definition) is 9. The Kier molecular flexibility index (Phi) is 5.11. The lowest BCUT2D eigenvalue weighted by atomic mass is 10.3. The highest BCUT2D eigenvalue weighted by Crippen LogP contribution is 2.43. The summed E-state index contributed by atoms with van der Waals surface area (Å²) < 4.78 is 89.9. The lowest BCUT2D eigenvalue weighted by Crippen LogP contribution is -2.12. The third-order valence-corrected chi connectivity index (χ3v) is 6.81. The van der Waals surface area contributed by atoms with Crippen molar-refractivity contribution in [3.8, 4) is 17.4 Å². The van der Waals surface area contributed by atoms with Gasteiger partial charge in [0.05, 0.1) is 10.6 Å². The second-order valence-corrected chi connectivity index (χ2v) is 9.69. The zero-order valence-corrected chi connectivity index (χ0v) is 16.2. The van der Waals surface area contributed by atoms with E-state index < -0.39 is 47.1 Å². The Balaban J connectivity index is 2.02. The zero-order valence-electron chi connectivity index (χ0n) is 13.7. The summed E-state index contributed by atoms with van der Waals surface area (Å²) >= 11 is -0.120. The van der Waals surface area contributed by atoms with Crippen molar-refractivity contribution < 1.29 is 34.7 Å². The molecule has 0 fully saturated rings. The highest BCUT2D eigenvalue weighted by molar-refractivity contribution is 7.91. The average Bonchev–Trinajstić information content (AvgIpc) is 3.21. The van der Waals surface area contributed by atoms with E-state index in [0.29, 0.717) is 6.07 Å². The van der Waals surface area contributed by atoms with Gasteiger partial charge in [-0.1, -0.05) is 5.10 Å². The fraction of sp³-hybridized carbons (Fsp3) is 0.0833. The van der Waals surface area contributed by atoms with E-state index in [1.807, 2.05) is 0 Å². The van der Waals surface area contributed by atoms with E-state index in [2.05, 4.69) is 15.5 Å². The smallest absolute Gasteiger partial charge is 0.421 e. The molecular formula is C12H9F3N6O5S3. The van der Waals surface area contributed by atoms with E-state index >= 15 is 0 Å². The number of nitrogens with zero attached hydrogens (tertiary/aromatic N) is 4. The van der Waals surface area contributed by atoms with Crippen molar-refractivity contribution in [3.05, 3.63) is 35.2 Å². The van der Waals surface area contributed by atoms with Crippen LogP contribution in [0.25, 0.3) is 5.69 Å². The predicted molar refractivity (Wildman–Crippen MR) is 91.3 cm³/mol. The summed E-state index contributed by atoms with van der Waals surface area (Å²) in [5.41, 5.74) is 0.154. The molecule has 11 nitrogen and oxygen atoms in total. The van der Waals surface area contributed by atoms with Gasteiger partial charge in [-0.05, 0) is 34.7 Å². The van der Waals surface area contributed by atoms with Crippen molar-refractivity contribution in [1.82, 2.24) is 20.2 Å². The van der Waals surface area contributed by atoms with Gasteiger partial charge >= 0.3 is 12.2 Å². The standard InChI is InChI=1S/C12H9F3N6O5S3/c13-12(14,15)9-5-8(10(27-9)29(17,24)25)26-11-18-19-20-21(11)6-1-3-7(4-2-6)28(16,22)23/h1-5H,(H2,16,22,23)(H2,17,24,25). The predicted octanol–water partition coefficient (Wildman–Crippen LogP) is 0.830. The van der Waals surface area contributed by atoms with Crippen LogP contribution in [-0.2, 0) is 26.2 Å². The Bertz CT molecular complexity index is 1270. The van der Waals surface area contributed by atoms with Crippen molar-refractivity contribution in [1.29, 1.82) is 0 Å². The second kappa shape index (κ2) is 7.02. The van der Waals surface area contributed by atoms with Gasteiger partial charge in [0.2, 0.25) is 10.0 Å². The van der Waals surface area contributed by atoms with E-state index in [1.165, 1.54) is 12.1 Å². The summed E-state index contributed by atoms with van der Waals surface area (Å²) in [4.78, 5) is -1.46. The van der Waals surface area contributed by atoms with Gasteiger partial charge in [-0.15, -0.1) is 11.3 Å². The van der Waals surface area contributed by atoms with E-state index in [9.17, 15) is 30.0 Å². The van der Waals surface area contributed by atoms with Crippen LogP contribution in [0.3, 0.4) is 0 Å². The molecule has 29 heavy (non-hydrogen) atoms. The fourth-order valence-electron chi connectivity index (χ4n) is 2.05. The zero-order chi connectivity index (χ0) is 21.6. The molecule has 0 aliphatic rings. The molecule has 0 spiro atoms. The summed E-state index contributed by atoms with van der Waals surface area (Å²) in [7, 11) is -8.50. The van der Waals surface area contributed by atoms with Crippen molar-refractivity contribution in [2.24, 2.45) is 10.3 Å². The molecule has 4 N–H and O–H groups in total. The quantitative estimate of drug-likeness (QED) is 0.551. The largest absolute Gasteiger partial charge is 0.425 e. The summed E-state index contributed by atoms with van der Waals surface area (Å²) in [5.74, 6) is -0.720. The van der Waals surface area contributed by atoms with Crippen LogP contribution in [-0.4, -0.2) is 37.0 Å². The molecule has 0 amide bonds. The van der Waals surface area contributed by atoms with Crippen LogP contribution in [0, 0.1) is 0 Å². The molecule has 0 saturated carbocycles. The number of tetrazole rings is 1. The maximum atomic E-state index is 12.9. The molecule has 0 unspecified atom stereocenters. The minimum atomic E-state index is -4.83. The molecule has 0 saturated heterocycles. The van der Waals surface area contributed by atoms with Crippen LogP contribution in [0.2, 0.25) is 0 Å². The number of primary sulfonamides is 2. The maximum Gasteiger partial charge on any atom is 0.425 e. The van der Waals surface area contributed by atoms with Crippen molar-refractivity contribution >= 4 is 31.4 Å². The van der Waals surface area contributed by atoms with Crippen LogP contribution in [0.5, 0.6) is 11.8 Å². The first-order valence-electron chi connectivity index (χ1n) is 7.10. The Morgan fingerprint density at radius 3 is 2.17 bits per heavy atom. The Hall–Kier alpha value is -2.60. The SMILES string of the molecule is NS(=O)(=O)c1ccc(-n2nnnc2Oc2cc(C(F)(F)F)sc2S(N)(=O)=O)cc1. The number of rotatable bonds is 5. The van der Waals surface area contributed by atoms with Gasteiger partial charge in [0.15, 0.2) is 9.96 Å². The van der Waals surface area contributed by atoms with Crippen molar-refractivity contribution in [3.63, 3.8) is 0 Å². The van der Waals surface area contributed by atoms with Gasteiger partial charge in [-0.3, -0.25) is 0 Å². The average molecular weight is 470 g/mol. The van der Waals surface area contributed by atoms with Gasteiger partial charge in [-0.2, -0.15) is 17.9 Å². The monoisotopic (exact) mass is 470 g/mol. The number of ether oxygens (including phenoxy) is 1. The number of halogens is 3. The van der Waals surface area contributed by atoms with Crippen molar-refractivity contribution in [2.45, 2.75) is 15.3 Å². The molecule has 0 radical (unpaired) electrons. The van der Waals surface area contributed by atoms with E-state index in [0.717, 1.165) is 16.8 Å². The summed E-state index contributed by atoms with van der Waals surface area (Å²) in [5, 5.41) is 20.3. The molecule has 3 aromatic rings. The van der Waals surface area contributed by atoms with Crippen LogP contribution >= 0.6 is 11.3 Å². The molecule has 1 aromatic carbocycles. The first-order chi connectivity index (χ1) is 13.3. The Morgan fingerprint density at radius 2 is 1.66 bits per heavy atom. The number of aromatic nitrogens is 4. The topological polar surface area (TPSA) is 173 Å². The van der Waals surface area contributed by atoms with Gasteiger partial charge in [0, 0.05) is 6.07 Å².